The van der Waals surface area contributed by atoms with E-state index in [1.807, 2.05) is 6.92 Å². The normalized spacial score (nSPS) is 13.6. The van der Waals surface area contributed by atoms with Crippen LogP contribution in [0.5, 0.6) is 0 Å². The monoisotopic (exact) mass is 651 g/mol. The summed E-state index contributed by atoms with van der Waals surface area (Å²) >= 11 is 0. The summed E-state index contributed by atoms with van der Waals surface area (Å²) in [7, 11) is -4.22. The average Bonchev–Trinajstić information content (AvgIpc) is 3.38. The van der Waals surface area contributed by atoms with E-state index in [1.54, 1.807) is 4.57 Å². The van der Waals surface area contributed by atoms with Gasteiger partial charge in [0.15, 0.2) is 18.8 Å². The van der Waals surface area contributed by atoms with Crippen molar-refractivity contribution in [2.24, 2.45) is 0 Å². The van der Waals surface area contributed by atoms with Gasteiger partial charge in [0.2, 0.25) is 5.95 Å². The largest absolute Gasteiger partial charge is 1.00 e. The van der Waals surface area contributed by atoms with Crippen molar-refractivity contribution in [1.82, 2.24) is 19.5 Å². The van der Waals surface area contributed by atoms with E-state index in [-0.39, 0.29) is 66.4 Å². The predicted molar refractivity (Wildman–Crippen MR) is 168 cm³/mol. The molecule has 0 aromatic carbocycles. The Morgan fingerprint density at radius 3 is 2.11 bits per heavy atom. The standard InChI is InChI=1S/C30H56N5O7P.Na/c1-3-5-6-7-8-9-10-11-12-13-14-15-16-17-19-40-20-18-21-42-43(37,38)25-41-26(23-39-4-2)22-35-24-32-27-28(35)33-30(31)34-29(27)36;/h24,26H,3-23,25H2,1-2H3,(H,37,38)(H3,31,33,34,36);/q;+1/p-1. The van der Waals surface area contributed by atoms with E-state index in [9.17, 15) is 14.3 Å². The molecule has 2 atom stereocenters. The quantitative estimate of drug-likeness (QED) is 0.0793. The fraction of sp³-hybridized carbons (Fsp3) is 0.833. The molecule has 2 unspecified atom stereocenters. The van der Waals surface area contributed by atoms with Gasteiger partial charge in [-0.25, -0.2) is 4.98 Å². The maximum absolute atomic E-state index is 12.4. The first kappa shape index (κ1) is 41.2. The Balaban J connectivity index is 0.00000968. The van der Waals surface area contributed by atoms with Crippen molar-refractivity contribution < 1.29 is 57.8 Å². The Labute approximate surface area is 285 Å². The van der Waals surface area contributed by atoms with Gasteiger partial charge in [-0.05, 0) is 19.8 Å². The average molecular weight is 652 g/mol. The number of hydrogen-bond donors (Lipinski definition) is 2. The minimum absolute atomic E-state index is 0. The Bertz CT molecular complexity index is 1100. The minimum Gasteiger partial charge on any atom is -0.777 e. The van der Waals surface area contributed by atoms with Crippen LogP contribution in [0.3, 0.4) is 0 Å². The molecule has 0 saturated carbocycles. The van der Waals surface area contributed by atoms with Gasteiger partial charge in [0, 0.05) is 19.8 Å². The van der Waals surface area contributed by atoms with E-state index < -0.39 is 25.6 Å². The number of nitrogen functional groups attached to an aromatic ring is 1. The van der Waals surface area contributed by atoms with Crippen LogP contribution in [0.25, 0.3) is 11.2 Å². The van der Waals surface area contributed by atoms with Crippen LogP contribution in [0.1, 0.15) is 110 Å². The third-order valence-corrected chi connectivity index (χ3v) is 8.27. The van der Waals surface area contributed by atoms with Gasteiger partial charge in [-0.15, -0.1) is 0 Å². The molecule has 0 aliphatic heterocycles. The number of aromatic amines is 1. The maximum Gasteiger partial charge on any atom is 1.00 e. The van der Waals surface area contributed by atoms with Gasteiger partial charge in [0.05, 0.1) is 32.2 Å². The Hall–Kier alpha value is -0.820. The molecule has 0 saturated heterocycles. The smallest absolute Gasteiger partial charge is 0.777 e. The van der Waals surface area contributed by atoms with E-state index in [4.69, 9.17) is 24.5 Å². The Kier molecular flexibility index (Phi) is 23.7. The summed E-state index contributed by atoms with van der Waals surface area (Å²) in [5.41, 5.74) is 5.61. The van der Waals surface area contributed by atoms with Gasteiger partial charge in [-0.2, -0.15) is 4.98 Å². The van der Waals surface area contributed by atoms with Crippen LogP contribution in [0.15, 0.2) is 11.1 Å². The molecule has 3 N–H and O–H groups in total. The third-order valence-electron chi connectivity index (χ3n) is 7.23. The van der Waals surface area contributed by atoms with Gasteiger partial charge in [-0.1, -0.05) is 90.4 Å². The van der Waals surface area contributed by atoms with Crippen molar-refractivity contribution in [2.45, 2.75) is 123 Å². The molecule has 2 aromatic heterocycles. The van der Waals surface area contributed by atoms with Crippen LogP contribution in [0.4, 0.5) is 5.95 Å². The molecule has 0 aliphatic rings. The number of unbranched alkanes of at least 4 members (excludes halogenated alkanes) is 13. The van der Waals surface area contributed by atoms with Crippen LogP contribution < -0.4 is 45.7 Å². The molecule has 44 heavy (non-hydrogen) atoms. The van der Waals surface area contributed by atoms with Crippen LogP contribution in [0, 0.1) is 0 Å². The van der Waals surface area contributed by atoms with Gasteiger partial charge < -0.3 is 38.5 Å². The summed E-state index contributed by atoms with van der Waals surface area (Å²) in [6.07, 6.45) is 19.1. The van der Waals surface area contributed by atoms with Gasteiger partial charge in [-0.3, -0.25) is 9.78 Å². The predicted octanol–water partition coefficient (Wildman–Crippen LogP) is 2.54. The number of H-pyrrole nitrogens is 1. The van der Waals surface area contributed by atoms with Crippen molar-refractivity contribution >= 4 is 24.7 Å². The fourth-order valence-corrected chi connectivity index (χ4v) is 5.70. The van der Waals surface area contributed by atoms with Crippen molar-refractivity contribution in [3.8, 4) is 0 Å². The molecule has 0 spiro atoms. The number of nitrogens with two attached hydrogens (primary N) is 1. The van der Waals surface area contributed by atoms with Crippen molar-refractivity contribution in [1.29, 1.82) is 0 Å². The zero-order chi connectivity index (χ0) is 31.2. The third kappa shape index (κ3) is 18.4. The molecule has 0 radical (unpaired) electrons. The van der Waals surface area contributed by atoms with Crippen LogP contribution in [0.2, 0.25) is 0 Å². The molecular weight excluding hydrogens is 596 g/mol. The van der Waals surface area contributed by atoms with E-state index in [0.29, 0.717) is 26.2 Å². The van der Waals surface area contributed by atoms with E-state index in [2.05, 4.69) is 21.9 Å². The molecule has 2 rings (SSSR count). The summed E-state index contributed by atoms with van der Waals surface area (Å²) in [6, 6.07) is 0. The number of nitrogens with zero attached hydrogens (tertiary/aromatic N) is 3. The van der Waals surface area contributed by atoms with Crippen molar-refractivity contribution in [3.63, 3.8) is 0 Å². The first-order valence-electron chi connectivity index (χ1n) is 16.3. The number of anilines is 1. The number of hydrogen-bond acceptors (Lipinski definition) is 10. The second-order valence-electron chi connectivity index (χ2n) is 11.1. The number of nitrogens with one attached hydrogen (secondary N) is 1. The zero-order valence-electron chi connectivity index (χ0n) is 27.4. The van der Waals surface area contributed by atoms with Gasteiger partial charge in [0.1, 0.15) is 6.35 Å². The van der Waals surface area contributed by atoms with E-state index >= 15 is 0 Å². The molecule has 2 heterocycles. The van der Waals surface area contributed by atoms with Crippen LogP contribution >= 0.6 is 7.60 Å². The first-order valence-corrected chi connectivity index (χ1v) is 18.0. The zero-order valence-corrected chi connectivity index (χ0v) is 30.3. The molecule has 0 fully saturated rings. The van der Waals surface area contributed by atoms with Crippen LogP contribution in [-0.2, 0) is 29.8 Å². The first-order chi connectivity index (χ1) is 20.9. The van der Waals surface area contributed by atoms with Crippen molar-refractivity contribution in [2.75, 3.05) is 45.1 Å². The van der Waals surface area contributed by atoms with Gasteiger partial charge in [0.25, 0.3) is 5.56 Å². The molecule has 14 heteroatoms. The fourth-order valence-electron chi connectivity index (χ4n) is 4.83. The summed E-state index contributed by atoms with van der Waals surface area (Å²) in [5, 5.41) is 0. The number of fused-ring (bicyclic) bond motifs is 1. The second-order valence-corrected chi connectivity index (χ2v) is 12.8. The summed E-state index contributed by atoms with van der Waals surface area (Å²) < 4.78 is 35.8. The van der Waals surface area contributed by atoms with Crippen molar-refractivity contribution in [3.05, 3.63) is 16.7 Å². The second kappa shape index (κ2) is 25.3. The summed E-state index contributed by atoms with van der Waals surface area (Å²) in [5.74, 6) is -0.0393. The molecule has 0 amide bonds. The van der Waals surface area contributed by atoms with Gasteiger partial charge >= 0.3 is 29.6 Å². The maximum atomic E-state index is 12.4. The Morgan fingerprint density at radius 1 is 0.909 bits per heavy atom. The Morgan fingerprint density at radius 2 is 1.50 bits per heavy atom. The molecule has 0 bridgehead atoms. The van der Waals surface area contributed by atoms with E-state index in [1.165, 1.54) is 89.8 Å². The summed E-state index contributed by atoms with van der Waals surface area (Å²) in [4.78, 5) is 35.0. The molecule has 2 aromatic rings. The molecule has 248 valence electrons. The number of rotatable bonds is 28. The number of imidazole rings is 1. The molecule has 0 aliphatic carbocycles. The summed E-state index contributed by atoms with van der Waals surface area (Å²) in [6.45, 7) is 6.01. The number of aromatic nitrogens is 4. The van der Waals surface area contributed by atoms with E-state index in [0.717, 1.165) is 6.42 Å². The minimum atomic E-state index is -4.22. The molecular formula is C30H55N5NaO7P. The van der Waals surface area contributed by atoms with Crippen LogP contribution in [-0.4, -0.2) is 65.0 Å². The SMILES string of the molecule is CCCCCCCCCCCCCCCCOCCCOP(=O)([O-])COC(COCC)Cn1cnc2c(=O)[nH]c(N)nc21.[Na+]. The molecule has 12 nitrogen and oxygen atoms in total. The number of ether oxygens (including phenoxy) is 3. The topological polar surface area (TPSA) is 167 Å².